The highest BCUT2D eigenvalue weighted by atomic mass is 32.2. The van der Waals surface area contributed by atoms with Gasteiger partial charge in [-0.25, -0.2) is 8.42 Å². The summed E-state index contributed by atoms with van der Waals surface area (Å²) in [5, 5.41) is 8.76. The van der Waals surface area contributed by atoms with Crippen molar-refractivity contribution >= 4 is 21.5 Å². The molecule has 0 spiro atoms. The fourth-order valence-electron chi connectivity index (χ4n) is 3.38. The minimum atomic E-state index is -3.23. The molecule has 0 aliphatic heterocycles. The van der Waals surface area contributed by atoms with E-state index in [1.165, 1.54) is 38.4 Å². The van der Waals surface area contributed by atoms with Gasteiger partial charge in [0.2, 0.25) is 5.95 Å². The summed E-state index contributed by atoms with van der Waals surface area (Å²) >= 11 is 0. The summed E-state index contributed by atoms with van der Waals surface area (Å²) in [5.74, 6) is 2.22. The largest absolute Gasteiger partial charge is 0.314 e. The third-order valence-electron chi connectivity index (χ3n) is 4.79. The summed E-state index contributed by atoms with van der Waals surface area (Å²) in [7, 11) is 0.635. The number of rotatable bonds is 4. The van der Waals surface area contributed by atoms with E-state index in [0.29, 0.717) is 10.8 Å². The van der Waals surface area contributed by atoms with Crippen molar-refractivity contribution in [3.05, 3.63) is 30.1 Å². The Balaban J connectivity index is 1.91. The maximum atomic E-state index is 11.8. The molecule has 1 aromatic carbocycles. The molecule has 1 heterocycles. The van der Waals surface area contributed by atoms with Gasteiger partial charge in [-0.2, -0.15) is 0 Å². The molecule has 0 unspecified atom stereocenters. The van der Waals surface area contributed by atoms with Crippen LogP contribution in [0, 0.1) is 0 Å². The summed E-state index contributed by atoms with van der Waals surface area (Å²) in [5.41, 5.74) is 0.781. The van der Waals surface area contributed by atoms with Crippen molar-refractivity contribution in [2.75, 3.05) is 18.2 Å². The van der Waals surface area contributed by atoms with E-state index in [-0.39, 0.29) is 0 Å². The van der Waals surface area contributed by atoms with Gasteiger partial charge in [0.25, 0.3) is 0 Å². The van der Waals surface area contributed by atoms with Crippen LogP contribution in [0.4, 0.5) is 11.6 Å². The van der Waals surface area contributed by atoms with Crippen LogP contribution in [0.5, 0.6) is 0 Å². The van der Waals surface area contributed by atoms with Crippen molar-refractivity contribution in [2.24, 2.45) is 7.05 Å². The van der Waals surface area contributed by atoms with E-state index in [0.717, 1.165) is 17.5 Å². The molecule has 0 radical (unpaired) electrons. The SMILES string of the molecule is CN(c1cccc(S(C)(=O)=O)c1)c1nnc(C2CCCCC2)n1C. The first-order valence-electron chi connectivity index (χ1n) is 8.31. The minimum absolute atomic E-state index is 0.307. The molecule has 1 fully saturated rings. The molecule has 7 heteroatoms. The Kier molecular flexibility index (Phi) is 4.62. The lowest BCUT2D eigenvalue weighted by Gasteiger charge is -2.22. The predicted octanol–water partition coefficient (Wildman–Crippen LogP) is 3.03. The molecule has 130 valence electrons. The second-order valence-corrected chi connectivity index (χ2v) is 8.60. The van der Waals surface area contributed by atoms with E-state index in [4.69, 9.17) is 0 Å². The third kappa shape index (κ3) is 3.31. The van der Waals surface area contributed by atoms with Gasteiger partial charge in [-0.1, -0.05) is 25.3 Å². The second-order valence-electron chi connectivity index (χ2n) is 6.58. The van der Waals surface area contributed by atoms with Crippen molar-refractivity contribution < 1.29 is 8.42 Å². The van der Waals surface area contributed by atoms with Crippen LogP contribution in [0.1, 0.15) is 43.8 Å². The Morgan fingerprint density at radius 1 is 1.17 bits per heavy atom. The summed E-state index contributed by atoms with van der Waals surface area (Å²) < 4.78 is 25.6. The molecule has 0 N–H and O–H groups in total. The fourth-order valence-corrected chi connectivity index (χ4v) is 4.04. The summed E-state index contributed by atoms with van der Waals surface area (Å²) in [6.07, 6.45) is 7.35. The quantitative estimate of drug-likeness (QED) is 0.849. The molecule has 0 atom stereocenters. The first-order valence-corrected chi connectivity index (χ1v) is 10.2. The minimum Gasteiger partial charge on any atom is -0.314 e. The van der Waals surface area contributed by atoms with E-state index in [9.17, 15) is 8.42 Å². The predicted molar refractivity (Wildman–Crippen MR) is 94.4 cm³/mol. The topological polar surface area (TPSA) is 68.1 Å². The molecular formula is C17H24N4O2S. The molecule has 1 saturated carbocycles. The zero-order valence-electron chi connectivity index (χ0n) is 14.4. The van der Waals surface area contributed by atoms with Crippen molar-refractivity contribution in [1.82, 2.24) is 14.8 Å². The Bertz CT molecular complexity index is 823. The smallest absolute Gasteiger partial charge is 0.231 e. The molecule has 1 aliphatic rings. The molecular weight excluding hydrogens is 324 g/mol. The lowest BCUT2D eigenvalue weighted by Crippen LogP contribution is -2.17. The van der Waals surface area contributed by atoms with Crippen LogP contribution in [0.15, 0.2) is 29.2 Å². The zero-order chi connectivity index (χ0) is 17.3. The van der Waals surface area contributed by atoms with Gasteiger partial charge in [-0.05, 0) is 31.0 Å². The van der Waals surface area contributed by atoms with Crippen molar-refractivity contribution in [1.29, 1.82) is 0 Å². The summed E-state index contributed by atoms with van der Waals surface area (Å²) in [6.45, 7) is 0. The van der Waals surface area contributed by atoms with E-state index < -0.39 is 9.84 Å². The van der Waals surface area contributed by atoms with Crippen molar-refractivity contribution in [3.63, 3.8) is 0 Å². The Hall–Kier alpha value is -1.89. The second kappa shape index (κ2) is 6.55. The first kappa shape index (κ1) is 17.0. The van der Waals surface area contributed by atoms with Crippen LogP contribution in [0.2, 0.25) is 0 Å². The molecule has 1 aromatic heterocycles. The van der Waals surface area contributed by atoms with Gasteiger partial charge >= 0.3 is 0 Å². The van der Waals surface area contributed by atoms with Gasteiger partial charge in [-0.15, -0.1) is 10.2 Å². The van der Waals surface area contributed by atoms with Crippen LogP contribution in [-0.4, -0.2) is 36.5 Å². The third-order valence-corrected chi connectivity index (χ3v) is 5.90. The van der Waals surface area contributed by atoms with Crippen LogP contribution < -0.4 is 4.90 Å². The Morgan fingerprint density at radius 2 is 1.88 bits per heavy atom. The highest BCUT2D eigenvalue weighted by molar-refractivity contribution is 7.90. The van der Waals surface area contributed by atoms with Crippen LogP contribution in [0.3, 0.4) is 0 Å². The fraction of sp³-hybridized carbons (Fsp3) is 0.529. The Morgan fingerprint density at radius 3 is 2.54 bits per heavy atom. The normalized spacial score (nSPS) is 16.3. The number of nitrogens with zero attached hydrogens (tertiary/aromatic N) is 4. The van der Waals surface area contributed by atoms with E-state index in [1.807, 2.05) is 29.6 Å². The average Bonchev–Trinajstić information content (AvgIpc) is 2.96. The van der Waals surface area contributed by atoms with Gasteiger partial charge in [0.1, 0.15) is 5.82 Å². The molecule has 1 aliphatic carbocycles. The molecule has 2 aromatic rings. The van der Waals surface area contributed by atoms with Crippen molar-refractivity contribution in [3.8, 4) is 0 Å². The number of anilines is 2. The van der Waals surface area contributed by atoms with Crippen molar-refractivity contribution in [2.45, 2.75) is 42.9 Å². The zero-order valence-corrected chi connectivity index (χ0v) is 15.3. The lowest BCUT2D eigenvalue weighted by molar-refractivity contribution is 0.420. The highest BCUT2D eigenvalue weighted by Crippen LogP contribution is 2.33. The number of hydrogen-bond donors (Lipinski definition) is 0. The van der Waals surface area contributed by atoms with Gasteiger partial charge in [0.05, 0.1) is 4.90 Å². The molecule has 3 rings (SSSR count). The van der Waals surface area contributed by atoms with E-state index in [1.54, 1.807) is 18.2 Å². The Labute approximate surface area is 143 Å². The molecule has 24 heavy (non-hydrogen) atoms. The molecule has 0 amide bonds. The number of aromatic nitrogens is 3. The van der Waals surface area contributed by atoms with E-state index >= 15 is 0 Å². The molecule has 0 bridgehead atoms. The van der Waals surface area contributed by atoms with Crippen LogP contribution in [0.25, 0.3) is 0 Å². The average molecular weight is 348 g/mol. The van der Waals surface area contributed by atoms with Crippen LogP contribution >= 0.6 is 0 Å². The van der Waals surface area contributed by atoms with Gasteiger partial charge in [0.15, 0.2) is 9.84 Å². The van der Waals surface area contributed by atoms with Crippen LogP contribution in [-0.2, 0) is 16.9 Å². The van der Waals surface area contributed by atoms with Gasteiger partial charge in [-0.3, -0.25) is 4.57 Å². The number of hydrogen-bond acceptors (Lipinski definition) is 5. The molecule has 6 nitrogen and oxygen atoms in total. The summed E-state index contributed by atoms with van der Waals surface area (Å²) in [4.78, 5) is 2.19. The lowest BCUT2D eigenvalue weighted by atomic mass is 9.89. The maximum absolute atomic E-state index is 11.8. The summed E-state index contributed by atoms with van der Waals surface area (Å²) in [6, 6.07) is 6.91. The monoisotopic (exact) mass is 348 g/mol. The number of benzene rings is 1. The maximum Gasteiger partial charge on any atom is 0.231 e. The first-order chi connectivity index (χ1) is 11.4. The van der Waals surface area contributed by atoms with Gasteiger partial charge < -0.3 is 4.90 Å². The standard InChI is InChI=1S/C17H24N4O2S/c1-20(14-10-7-11-15(12-14)24(3,22)23)17-19-18-16(21(17)2)13-8-5-4-6-9-13/h7,10-13H,4-6,8-9H2,1-3H3. The van der Waals surface area contributed by atoms with E-state index in [2.05, 4.69) is 10.2 Å². The number of sulfone groups is 1. The highest BCUT2D eigenvalue weighted by Gasteiger charge is 2.23. The molecule has 0 saturated heterocycles. The van der Waals surface area contributed by atoms with Gasteiger partial charge in [0, 0.05) is 32.0 Å².